The van der Waals surface area contributed by atoms with E-state index in [1.54, 1.807) is 0 Å². The second-order valence-corrected chi connectivity index (χ2v) is 4.99. The maximum atomic E-state index is 9.81. The van der Waals surface area contributed by atoms with Gasteiger partial charge in [0.05, 0.1) is 6.10 Å². The van der Waals surface area contributed by atoms with Gasteiger partial charge in [0.25, 0.3) is 0 Å². The van der Waals surface area contributed by atoms with Crippen molar-refractivity contribution in [1.82, 2.24) is 4.90 Å². The molecule has 2 aliphatic rings. The van der Waals surface area contributed by atoms with Crippen molar-refractivity contribution in [2.24, 2.45) is 11.7 Å². The van der Waals surface area contributed by atoms with E-state index in [1.165, 1.54) is 12.8 Å². The molecule has 1 saturated carbocycles. The Morgan fingerprint density at radius 1 is 1.29 bits per heavy atom. The van der Waals surface area contributed by atoms with Crippen LogP contribution < -0.4 is 5.73 Å². The zero-order valence-corrected chi connectivity index (χ0v) is 9.02. The van der Waals surface area contributed by atoms with Gasteiger partial charge in [-0.2, -0.15) is 0 Å². The fraction of sp³-hybridized carbons (Fsp3) is 1.00. The monoisotopic (exact) mass is 198 g/mol. The van der Waals surface area contributed by atoms with Crippen molar-refractivity contribution in [3.8, 4) is 0 Å². The van der Waals surface area contributed by atoms with Crippen molar-refractivity contribution in [3.05, 3.63) is 0 Å². The number of aliphatic hydroxyl groups is 1. The van der Waals surface area contributed by atoms with Crippen molar-refractivity contribution in [2.45, 2.75) is 50.8 Å². The van der Waals surface area contributed by atoms with E-state index in [0.29, 0.717) is 18.0 Å². The zero-order chi connectivity index (χ0) is 10.1. The van der Waals surface area contributed by atoms with E-state index >= 15 is 0 Å². The topological polar surface area (TPSA) is 49.5 Å². The number of piperidine rings is 1. The number of rotatable bonds is 1. The minimum absolute atomic E-state index is 0.101. The SMILES string of the molecule is CC1CCN(C2CCCC2O)CC1N. The Hall–Kier alpha value is -0.120. The molecule has 2 rings (SSSR count). The average molecular weight is 198 g/mol. The highest BCUT2D eigenvalue weighted by molar-refractivity contribution is 4.90. The minimum Gasteiger partial charge on any atom is -0.391 e. The van der Waals surface area contributed by atoms with E-state index in [-0.39, 0.29) is 6.10 Å². The molecule has 4 unspecified atom stereocenters. The van der Waals surface area contributed by atoms with Gasteiger partial charge < -0.3 is 10.8 Å². The Bertz CT molecular complexity index is 198. The molecule has 1 saturated heterocycles. The first-order chi connectivity index (χ1) is 6.68. The van der Waals surface area contributed by atoms with Crippen LogP contribution in [0.3, 0.4) is 0 Å². The fourth-order valence-corrected chi connectivity index (χ4v) is 2.77. The minimum atomic E-state index is -0.101. The Balaban J connectivity index is 1.92. The van der Waals surface area contributed by atoms with Crippen LogP contribution in [0, 0.1) is 5.92 Å². The van der Waals surface area contributed by atoms with E-state index in [4.69, 9.17) is 5.73 Å². The molecule has 2 fully saturated rings. The average Bonchev–Trinajstić information content (AvgIpc) is 2.57. The molecule has 3 heteroatoms. The summed E-state index contributed by atoms with van der Waals surface area (Å²) in [5.41, 5.74) is 6.06. The molecule has 3 N–H and O–H groups in total. The van der Waals surface area contributed by atoms with Crippen LogP contribution in [0.15, 0.2) is 0 Å². The summed E-state index contributed by atoms with van der Waals surface area (Å²) in [5, 5.41) is 9.81. The zero-order valence-electron chi connectivity index (χ0n) is 9.02. The molecule has 14 heavy (non-hydrogen) atoms. The summed E-state index contributed by atoms with van der Waals surface area (Å²) in [6, 6.07) is 0.699. The molecule has 0 bridgehead atoms. The first-order valence-electron chi connectivity index (χ1n) is 5.86. The van der Waals surface area contributed by atoms with Crippen molar-refractivity contribution >= 4 is 0 Å². The molecule has 0 aromatic rings. The summed E-state index contributed by atoms with van der Waals surface area (Å²) in [6.45, 7) is 4.33. The summed E-state index contributed by atoms with van der Waals surface area (Å²) >= 11 is 0. The van der Waals surface area contributed by atoms with Crippen LogP contribution in [-0.4, -0.2) is 41.3 Å². The largest absolute Gasteiger partial charge is 0.391 e. The molecule has 4 atom stereocenters. The van der Waals surface area contributed by atoms with Gasteiger partial charge >= 0.3 is 0 Å². The van der Waals surface area contributed by atoms with Gasteiger partial charge in [-0.3, -0.25) is 4.90 Å². The highest BCUT2D eigenvalue weighted by Crippen LogP contribution is 2.27. The molecule has 0 amide bonds. The van der Waals surface area contributed by atoms with Gasteiger partial charge in [-0.05, 0) is 38.1 Å². The summed E-state index contributed by atoms with van der Waals surface area (Å²) < 4.78 is 0. The fourth-order valence-electron chi connectivity index (χ4n) is 2.77. The molecule has 0 radical (unpaired) electrons. The summed E-state index contributed by atoms with van der Waals surface area (Å²) in [6.07, 6.45) is 4.39. The van der Waals surface area contributed by atoms with Crippen molar-refractivity contribution in [3.63, 3.8) is 0 Å². The van der Waals surface area contributed by atoms with E-state index in [1.807, 2.05) is 0 Å². The highest BCUT2D eigenvalue weighted by atomic mass is 16.3. The van der Waals surface area contributed by atoms with Gasteiger partial charge in [-0.1, -0.05) is 6.92 Å². The normalized spacial score (nSPS) is 45.6. The van der Waals surface area contributed by atoms with Gasteiger partial charge in [0.15, 0.2) is 0 Å². The quantitative estimate of drug-likeness (QED) is 0.647. The van der Waals surface area contributed by atoms with Crippen LogP contribution in [0.5, 0.6) is 0 Å². The van der Waals surface area contributed by atoms with Crippen LogP contribution in [0.25, 0.3) is 0 Å². The van der Waals surface area contributed by atoms with Crippen LogP contribution >= 0.6 is 0 Å². The number of likely N-dealkylation sites (tertiary alicyclic amines) is 1. The Morgan fingerprint density at radius 2 is 2.07 bits per heavy atom. The van der Waals surface area contributed by atoms with Crippen LogP contribution in [-0.2, 0) is 0 Å². The predicted octanol–water partition coefficient (Wildman–Crippen LogP) is 0.569. The second kappa shape index (κ2) is 4.17. The molecule has 0 aromatic carbocycles. The van der Waals surface area contributed by atoms with E-state index in [0.717, 1.165) is 25.9 Å². The molecule has 3 nitrogen and oxygen atoms in total. The van der Waals surface area contributed by atoms with Crippen LogP contribution in [0.2, 0.25) is 0 Å². The predicted molar refractivity (Wildman–Crippen MR) is 57.0 cm³/mol. The molecular weight excluding hydrogens is 176 g/mol. The third-order valence-electron chi connectivity index (χ3n) is 3.96. The lowest BCUT2D eigenvalue weighted by atomic mass is 9.93. The standard InChI is InChI=1S/C11H22N2O/c1-8-5-6-13(7-9(8)12)10-3-2-4-11(10)14/h8-11,14H,2-7,12H2,1H3. The van der Waals surface area contributed by atoms with Gasteiger partial charge in [-0.25, -0.2) is 0 Å². The lowest BCUT2D eigenvalue weighted by Crippen LogP contribution is -2.53. The third kappa shape index (κ3) is 1.95. The maximum absolute atomic E-state index is 9.81. The van der Waals surface area contributed by atoms with E-state index < -0.39 is 0 Å². The summed E-state index contributed by atoms with van der Waals surface area (Å²) in [7, 11) is 0. The molecule has 0 spiro atoms. The summed E-state index contributed by atoms with van der Waals surface area (Å²) in [4.78, 5) is 2.41. The van der Waals surface area contributed by atoms with Crippen molar-refractivity contribution in [1.29, 1.82) is 0 Å². The Labute approximate surface area is 86.3 Å². The second-order valence-electron chi connectivity index (χ2n) is 4.99. The number of hydrogen-bond acceptors (Lipinski definition) is 3. The summed E-state index contributed by atoms with van der Waals surface area (Å²) in [5.74, 6) is 0.643. The molecular formula is C11H22N2O. The third-order valence-corrected chi connectivity index (χ3v) is 3.96. The maximum Gasteiger partial charge on any atom is 0.0695 e. The van der Waals surface area contributed by atoms with Crippen LogP contribution in [0.1, 0.15) is 32.6 Å². The number of nitrogens with two attached hydrogens (primary N) is 1. The lowest BCUT2D eigenvalue weighted by Gasteiger charge is -2.39. The first-order valence-corrected chi connectivity index (χ1v) is 5.86. The molecule has 1 aliphatic carbocycles. The number of aliphatic hydroxyl groups excluding tert-OH is 1. The van der Waals surface area contributed by atoms with Gasteiger partial charge in [0.2, 0.25) is 0 Å². The highest BCUT2D eigenvalue weighted by Gasteiger charge is 2.34. The van der Waals surface area contributed by atoms with Gasteiger partial charge in [-0.15, -0.1) is 0 Å². The Kier molecular flexibility index (Phi) is 3.10. The van der Waals surface area contributed by atoms with E-state index in [2.05, 4.69) is 11.8 Å². The van der Waals surface area contributed by atoms with Crippen molar-refractivity contribution in [2.75, 3.05) is 13.1 Å². The first kappa shape index (κ1) is 10.4. The van der Waals surface area contributed by atoms with Gasteiger partial charge in [0, 0.05) is 18.6 Å². The number of nitrogens with zero attached hydrogens (tertiary/aromatic N) is 1. The molecule has 1 aliphatic heterocycles. The lowest BCUT2D eigenvalue weighted by molar-refractivity contribution is 0.0432. The smallest absolute Gasteiger partial charge is 0.0695 e. The molecule has 82 valence electrons. The van der Waals surface area contributed by atoms with E-state index in [9.17, 15) is 5.11 Å². The van der Waals surface area contributed by atoms with Gasteiger partial charge in [0.1, 0.15) is 0 Å². The molecule has 0 aromatic heterocycles. The van der Waals surface area contributed by atoms with Crippen LogP contribution in [0.4, 0.5) is 0 Å². The number of hydrogen-bond donors (Lipinski definition) is 2. The molecule has 1 heterocycles. The van der Waals surface area contributed by atoms with Crippen molar-refractivity contribution < 1.29 is 5.11 Å². The Morgan fingerprint density at radius 3 is 2.64 bits per heavy atom.